The van der Waals surface area contributed by atoms with Crippen LogP contribution in [0, 0.1) is 0 Å². The van der Waals surface area contributed by atoms with Gasteiger partial charge in [0.2, 0.25) is 0 Å². The van der Waals surface area contributed by atoms with E-state index in [1.54, 1.807) is 41.7 Å². The number of nitrogens with one attached hydrogen (secondary N) is 3. The Morgan fingerprint density at radius 3 is 2.74 bits per heavy atom. The molecule has 34 heavy (non-hydrogen) atoms. The lowest BCUT2D eigenvalue weighted by atomic mass is 10.0. The molecule has 0 aliphatic carbocycles. The Kier molecular flexibility index (Phi) is 6.33. The van der Waals surface area contributed by atoms with E-state index in [2.05, 4.69) is 33.6 Å². The molecule has 0 fully saturated rings. The molecular formula is C25H25BrN3O4S+. The smallest absolute Gasteiger partial charge is 0.343 e. The average molecular weight is 543 g/mol. The Hall–Kier alpha value is -2.88. The third-order valence-electron chi connectivity index (χ3n) is 6.02. The number of anilines is 1. The first-order valence-corrected chi connectivity index (χ1v) is 12.8. The Morgan fingerprint density at radius 2 is 1.97 bits per heavy atom. The number of hydrogen-bond acceptors (Lipinski definition) is 6. The number of amides is 1. The highest BCUT2D eigenvalue weighted by Crippen LogP contribution is 2.40. The summed E-state index contributed by atoms with van der Waals surface area (Å²) >= 11 is 5.04. The molecule has 2 aliphatic rings. The molecule has 3 N–H and O–H groups in total. The van der Waals surface area contributed by atoms with Gasteiger partial charge in [-0.1, -0.05) is 22.0 Å². The molecule has 5 rings (SSSR count). The molecule has 2 aromatic carbocycles. The quantitative estimate of drug-likeness (QED) is 0.339. The zero-order valence-electron chi connectivity index (χ0n) is 18.9. The van der Waals surface area contributed by atoms with Crippen LogP contribution in [0.2, 0.25) is 0 Å². The maximum absolute atomic E-state index is 13.0. The summed E-state index contributed by atoms with van der Waals surface area (Å²) in [5.41, 5.74) is 3.23. The van der Waals surface area contributed by atoms with Gasteiger partial charge in [0.15, 0.2) is 11.5 Å². The first-order valence-electron chi connectivity index (χ1n) is 11.2. The monoisotopic (exact) mass is 542 g/mol. The van der Waals surface area contributed by atoms with Crippen molar-refractivity contribution in [1.82, 2.24) is 5.32 Å². The van der Waals surface area contributed by atoms with Crippen molar-refractivity contribution in [2.75, 3.05) is 25.5 Å². The van der Waals surface area contributed by atoms with Crippen LogP contribution in [0.5, 0.6) is 11.5 Å². The number of benzene rings is 2. The minimum atomic E-state index is -0.466. The van der Waals surface area contributed by atoms with E-state index >= 15 is 0 Å². The van der Waals surface area contributed by atoms with E-state index in [0.29, 0.717) is 23.7 Å². The highest BCUT2D eigenvalue weighted by Gasteiger charge is 2.34. The normalized spacial score (nSPS) is 18.9. The minimum Gasteiger partial charge on any atom is -0.490 e. The molecule has 0 radical (unpaired) electrons. The van der Waals surface area contributed by atoms with E-state index in [1.165, 1.54) is 15.3 Å². The largest absolute Gasteiger partial charge is 0.490 e. The molecule has 0 saturated heterocycles. The molecule has 3 heterocycles. The van der Waals surface area contributed by atoms with E-state index < -0.39 is 12.1 Å². The van der Waals surface area contributed by atoms with Crippen molar-refractivity contribution in [2.45, 2.75) is 26.1 Å². The molecular weight excluding hydrogens is 518 g/mol. The zero-order valence-corrected chi connectivity index (χ0v) is 21.3. The Labute approximate surface area is 210 Å². The molecule has 0 saturated carbocycles. The van der Waals surface area contributed by atoms with Gasteiger partial charge in [-0.05, 0) is 54.4 Å². The number of fused-ring (bicyclic) bond motifs is 3. The average Bonchev–Trinajstić information content (AvgIpc) is 3.18. The lowest BCUT2D eigenvalue weighted by molar-refractivity contribution is -0.895. The number of halogens is 1. The van der Waals surface area contributed by atoms with Crippen LogP contribution >= 0.6 is 27.3 Å². The maximum Gasteiger partial charge on any atom is 0.343 e. The minimum absolute atomic E-state index is 0.0560. The van der Waals surface area contributed by atoms with E-state index in [0.717, 1.165) is 40.1 Å². The Morgan fingerprint density at radius 1 is 1.18 bits per heavy atom. The number of esters is 1. The van der Waals surface area contributed by atoms with Crippen LogP contribution in [0.4, 0.5) is 5.00 Å². The van der Waals surface area contributed by atoms with E-state index in [9.17, 15) is 9.59 Å². The summed E-state index contributed by atoms with van der Waals surface area (Å²) in [5, 5.41) is 7.48. The first kappa shape index (κ1) is 22.9. The van der Waals surface area contributed by atoms with Crippen molar-refractivity contribution < 1.29 is 24.0 Å². The molecule has 7 nitrogen and oxygen atoms in total. The maximum atomic E-state index is 13.0. The summed E-state index contributed by atoms with van der Waals surface area (Å²) in [6.07, 6.45) is 0.514. The zero-order chi connectivity index (χ0) is 23.8. The number of ether oxygens (including phenoxy) is 2. The number of likely N-dealkylation sites (N-methyl/N-ethyl adjacent to an activating group) is 1. The molecule has 3 aromatic rings. The van der Waals surface area contributed by atoms with Crippen molar-refractivity contribution in [3.63, 3.8) is 0 Å². The Bertz CT molecular complexity index is 1260. The first-order chi connectivity index (χ1) is 16.4. The third kappa shape index (κ3) is 4.43. The molecule has 9 heteroatoms. The van der Waals surface area contributed by atoms with Gasteiger partial charge < -0.3 is 25.0 Å². The van der Waals surface area contributed by atoms with E-state index in [4.69, 9.17) is 9.47 Å². The lowest BCUT2D eigenvalue weighted by Crippen LogP contribution is -3.08. The van der Waals surface area contributed by atoms with Crippen LogP contribution in [-0.4, -0.2) is 32.1 Å². The van der Waals surface area contributed by atoms with Crippen molar-refractivity contribution in [1.29, 1.82) is 0 Å². The van der Waals surface area contributed by atoms with Gasteiger partial charge in [-0.15, -0.1) is 11.3 Å². The van der Waals surface area contributed by atoms with Crippen molar-refractivity contribution in [2.24, 2.45) is 0 Å². The van der Waals surface area contributed by atoms with Gasteiger partial charge >= 0.3 is 5.97 Å². The van der Waals surface area contributed by atoms with Crippen LogP contribution in [0.25, 0.3) is 0 Å². The molecule has 1 aromatic heterocycles. The summed E-state index contributed by atoms with van der Waals surface area (Å²) in [6.45, 7) is 4.26. The fraction of sp³-hybridized carbons (Fsp3) is 0.280. The predicted molar refractivity (Wildman–Crippen MR) is 134 cm³/mol. The van der Waals surface area contributed by atoms with Crippen molar-refractivity contribution in [3.8, 4) is 11.5 Å². The second kappa shape index (κ2) is 9.40. The second-order valence-corrected chi connectivity index (χ2v) is 10.4. The number of rotatable bonds is 5. The van der Waals surface area contributed by atoms with Crippen LogP contribution in [0.1, 0.15) is 49.8 Å². The molecule has 0 bridgehead atoms. The third-order valence-corrected chi connectivity index (χ3v) is 7.71. The van der Waals surface area contributed by atoms with E-state index in [-0.39, 0.29) is 5.91 Å². The predicted octanol–water partition coefficient (Wildman–Crippen LogP) is 3.55. The topological polar surface area (TPSA) is 81.1 Å². The summed E-state index contributed by atoms with van der Waals surface area (Å²) in [4.78, 5) is 28.4. The number of quaternary nitrogens is 1. The summed E-state index contributed by atoms with van der Waals surface area (Å²) < 4.78 is 12.3. The molecule has 1 amide bonds. The van der Waals surface area contributed by atoms with Crippen LogP contribution in [0.3, 0.4) is 0 Å². The number of carbonyl (C=O) groups excluding carboxylic acids is 2. The highest BCUT2D eigenvalue weighted by atomic mass is 79.9. The molecule has 176 valence electrons. The fourth-order valence-corrected chi connectivity index (χ4v) is 5.95. The van der Waals surface area contributed by atoms with Crippen molar-refractivity contribution in [3.05, 3.63) is 74.1 Å². The van der Waals surface area contributed by atoms with E-state index in [1.807, 2.05) is 19.1 Å². The standard InChI is InChI=1S/C25H24BrN3O4S/c1-3-32-19-12-15(6-9-18(19)33-25(31)14-4-7-16(26)8-5-14)22-27-23(30)21-17-10-11-29(2)13-20(17)34-24(21)28-22/h4-9,12,22,28H,3,10-11,13H2,1-2H3,(H,27,30)/p+1. The van der Waals surface area contributed by atoms with Gasteiger partial charge in [0.05, 0.1) is 36.2 Å². The van der Waals surface area contributed by atoms with Gasteiger partial charge in [0.25, 0.3) is 5.91 Å². The Balaban J connectivity index is 1.39. The molecule has 2 aliphatic heterocycles. The van der Waals surface area contributed by atoms with Gasteiger partial charge in [0, 0.05) is 10.9 Å². The molecule has 0 spiro atoms. The molecule has 2 unspecified atom stereocenters. The van der Waals surface area contributed by atoms with Crippen LogP contribution in [0.15, 0.2) is 46.9 Å². The summed E-state index contributed by atoms with van der Waals surface area (Å²) in [6, 6.07) is 12.3. The molecule has 2 atom stereocenters. The van der Waals surface area contributed by atoms with Gasteiger partial charge in [-0.3, -0.25) is 4.79 Å². The number of carbonyl (C=O) groups is 2. The van der Waals surface area contributed by atoms with Gasteiger partial charge in [-0.2, -0.15) is 0 Å². The fourth-order valence-electron chi connectivity index (χ4n) is 4.30. The summed E-state index contributed by atoms with van der Waals surface area (Å²) in [7, 11) is 2.18. The van der Waals surface area contributed by atoms with Gasteiger partial charge in [0.1, 0.15) is 17.7 Å². The SMILES string of the molecule is CCOc1cc(C2NC(=O)c3c(sc4c3CC[NH+](C)C4)N2)ccc1OC(=O)c1ccc(Br)cc1. The summed E-state index contributed by atoms with van der Waals surface area (Å²) in [5.74, 6) is 0.257. The number of thiophene rings is 1. The lowest BCUT2D eigenvalue weighted by Gasteiger charge is -2.27. The second-order valence-electron chi connectivity index (χ2n) is 8.43. The highest BCUT2D eigenvalue weighted by molar-refractivity contribution is 9.10. The van der Waals surface area contributed by atoms with Gasteiger partial charge in [-0.25, -0.2) is 4.79 Å². The van der Waals surface area contributed by atoms with Crippen molar-refractivity contribution >= 4 is 44.1 Å². The van der Waals surface area contributed by atoms with Crippen LogP contribution < -0.4 is 25.0 Å². The number of hydrogen-bond donors (Lipinski definition) is 3. The van der Waals surface area contributed by atoms with Crippen LogP contribution in [-0.2, 0) is 13.0 Å².